The van der Waals surface area contributed by atoms with E-state index in [0.717, 1.165) is 16.6 Å². The van der Waals surface area contributed by atoms with Crippen molar-refractivity contribution in [3.63, 3.8) is 0 Å². The number of carbonyl (C=O) groups excluding carboxylic acids is 1. The van der Waals surface area contributed by atoms with Crippen molar-refractivity contribution in [1.82, 2.24) is 9.99 Å². The molecule has 6 heteroatoms. The number of nitrogens with one attached hydrogen (secondary N) is 2. The van der Waals surface area contributed by atoms with Gasteiger partial charge in [-0.3, -0.25) is 15.6 Å². The molecule has 0 bridgehead atoms. The Hall–Kier alpha value is -1.39. The van der Waals surface area contributed by atoms with Gasteiger partial charge in [0.2, 0.25) is 0 Å². The van der Waals surface area contributed by atoms with Gasteiger partial charge in [-0.15, -0.1) is 0 Å². The molecule has 0 saturated carbocycles. The number of amides is 1. The highest BCUT2D eigenvalue weighted by molar-refractivity contribution is 6.43. The van der Waals surface area contributed by atoms with Crippen molar-refractivity contribution in [1.29, 1.82) is 0 Å². The Morgan fingerprint density at radius 3 is 2.75 bits per heavy atom. The number of benzene rings is 1. The lowest BCUT2D eigenvalue weighted by Gasteiger charge is -2.17. The average molecular weight is 256 g/mol. The Balaban J connectivity index is 2.29. The van der Waals surface area contributed by atoms with Crippen molar-refractivity contribution < 1.29 is 4.79 Å². The van der Waals surface area contributed by atoms with Crippen molar-refractivity contribution in [3.05, 3.63) is 28.4 Å². The van der Waals surface area contributed by atoms with E-state index in [4.69, 9.17) is 23.2 Å². The first-order valence-corrected chi connectivity index (χ1v) is 5.43. The predicted molar refractivity (Wildman–Crippen MR) is 63.7 cm³/mol. The summed E-state index contributed by atoms with van der Waals surface area (Å²) in [7, 11) is 0. The van der Waals surface area contributed by atoms with Crippen LogP contribution in [0.25, 0.3) is 10.8 Å². The number of carbonyl (C=O) groups is 1. The number of hydrazine groups is 1. The Morgan fingerprint density at radius 2 is 1.94 bits per heavy atom. The number of nitrogens with zero attached hydrogens (tertiary/aromatic N) is 1. The summed E-state index contributed by atoms with van der Waals surface area (Å²) in [5, 5.41) is 2.90. The van der Waals surface area contributed by atoms with E-state index in [2.05, 4.69) is 10.9 Å². The van der Waals surface area contributed by atoms with Gasteiger partial charge in [0.05, 0.1) is 10.0 Å². The molecule has 0 fully saturated rings. The third-order valence-corrected chi connectivity index (χ3v) is 3.29. The summed E-state index contributed by atoms with van der Waals surface area (Å²) < 4.78 is 1.83. The van der Waals surface area contributed by atoms with Gasteiger partial charge in [0.1, 0.15) is 12.4 Å². The van der Waals surface area contributed by atoms with Crippen LogP contribution in [0, 0.1) is 0 Å². The fourth-order valence-electron chi connectivity index (χ4n) is 1.85. The zero-order chi connectivity index (χ0) is 11.3. The van der Waals surface area contributed by atoms with Gasteiger partial charge in [0, 0.05) is 17.0 Å². The number of rotatable bonds is 0. The highest BCUT2D eigenvalue weighted by Gasteiger charge is 2.17. The van der Waals surface area contributed by atoms with Crippen molar-refractivity contribution in [2.45, 2.75) is 6.54 Å². The topological polar surface area (TPSA) is 46.1 Å². The molecular formula is C10H7Cl2N3O. The molecule has 0 aliphatic carbocycles. The number of hydrogen-bond acceptors (Lipinski definition) is 2. The van der Waals surface area contributed by atoms with Gasteiger partial charge in [-0.1, -0.05) is 23.2 Å². The maximum Gasteiger partial charge on any atom is 0.258 e. The van der Waals surface area contributed by atoms with Gasteiger partial charge in [-0.25, -0.2) is 0 Å². The Kier molecular flexibility index (Phi) is 2.02. The molecule has 82 valence electrons. The van der Waals surface area contributed by atoms with Crippen LogP contribution in [-0.4, -0.2) is 10.5 Å². The van der Waals surface area contributed by atoms with Crippen LogP contribution in [0.2, 0.25) is 10.0 Å². The first kappa shape index (κ1) is 9.81. The van der Waals surface area contributed by atoms with Crippen LogP contribution in [0.15, 0.2) is 18.3 Å². The zero-order valence-corrected chi connectivity index (χ0v) is 9.56. The van der Waals surface area contributed by atoms with E-state index in [-0.39, 0.29) is 5.91 Å². The number of halogens is 2. The summed E-state index contributed by atoms with van der Waals surface area (Å²) in [5.41, 5.74) is 5.41. The highest BCUT2D eigenvalue weighted by atomic mass is 35.5. The van der Waals surface area contributed by atoms with E-state index < -0.39 is 0 Å². The van der Waals surface area contributed by atoms with Crippen LogP contribution in [-0.2, 0) is 11.3 Å². The van der Waals surface area contributed by atoms with Crippen molar-refractivity contribution in [3.8, 4) is 0 Å². The van der Waals surface area contributed by atoms with E-state index >= 15 is 0 Å². The minimum Gasteiger partial charge on any atom is -0.323 e. The summed E-state index contributed by atoms with van der Waals surface area (Å²) in [5.74, 6) is 0.748. The van der Waals surface area contributed by atoms with Gasteiger partial charge >= 0.3 is 0 Å². The fraction of sp³-hybridized carbons (Fsp3) is 0.100. The second-order valence-electron chi connectivity index (χ2n) is 3.63. The van der Waals surface area contributed by atoms with E-state index in [0.29, 0.717) is 16.6 Å². The van der Waals surface area contributed by atoms with Crippen LogP contribution in [0.4, 0.5) is 5.82 Å². The SMILES string of the molecule is O=C1Cn2cc3cc(Cl)c(Cl)cc3c2NN1. The molecule has 0 spiro atoms. The monoisotopic (exact) mass is 255 g/mol. The lowest BCUT2D eigenvalue weighted by molar-refractivity contribution is -0.121. The summed E-state index contributed by atoms with van der Waals surface area (Å²) in [6, 6.07) is 3.58. The van der Waals surface area contributed by atoms with Crippen LogP contribution in [0.3, 0.4) is 0 Å². The molecule has 16 heavy (non-hydrogen) atoms. The first-order chi connectivity index (χ1) is 7.65. The molecule has 4 nitrogen and oxygen atoms in total. The zero-order valence-electron chi connectivity index (χ0n) is 8.05. The second-order valence-corrected chi connectivity index (χ2v) is 4.45. The average Bonchev–Trinajstić information content (AvgIpc) is 2.55. The lowest BCUT2D eigenvalue weighted by Crippen LogP contribution is -2.38. The largest absolute Gasteiger partial charge is 0.323 e. The maximum absolute atomic E-state index is 11.2. The van der Waals surface area contributed by atoms with Gasteiger partial charge in [-0.05, 0) is 12.1 Å². The molecule has 3 rings (SSSR count). The number of fused-ring (bicyclic) bond motifs is 3. The summed E-state index contributed by atoms with van der Waals surface area (Å²) >= 11 is 11.9. The van der Waals surface area contributed by atoms with Gasteiger partial charge in [-0.2, -0.15) is 0 Å². The molecule has 0 unspecified atom stereocenters. The normalized spacial score (nSPS) is 14.5. The van der Waals surface area contributed by atoms with Crippen LogP contribution in [0.1, 0.15) is 0 Å². The molecule has 1 aromatic carbocycles. The minimum absolute atomic E-state index is 0.0787. The molecule has 0 saturated heterocycles. The molecule has 0 radical (unpaired) electrons. The third-order valence-electron chi connectivity index (χ3n) is 2.56. The highest BCUT2D eigenvalue weighted by Crippen LogP contribution is 2.33. The molecule has 1 amide bonds. The van der Waals surface area contributed by atoms with E-state index in [1.807, 2.05) is 10.8 Å². The summed E-state index contributed by atoms with van der Waals surface area (Å²) in [6.07, 6.45) is 1.87. The minimum atomic E-state index is -0.0787. The second kappa shape index (κ2) is 3.30. The van der Waals surface area contributed by atoms with Crippen molar-refractivity contribution in [2.75, 3.05) is 5.43 Å². The quantitative estimate of drug-likeness (QED) is 0.760. The molecule has 0 atom stereocenters. The Morgan fingerprint density at radius 1 is 1.19 bits per heavy atom. The number of anilines is 1. The van der Waals surface area contributed by atoms with Gasteiger partial charge < -0.3 is 4.57 Å². The standard InChI is InChI=1S/C10H7Cl2N3O/c11-7-1-5-3-15-4-9(16)13-14-10(15)6(5)2-8(7)12/h1-3,14H,4H2,(H,13,16). The number of hydrogen-bond donors (Lipinski definition) is 2. The van der Waals surface area contributed by atoms with E-state index in [1.165, 1.54) is 0 Å². The van der Waals surface area contributed by atoms with Crippen molar-refractivity contribution in [2.24, 2.45) is 0 Å². The maximum atomic E-state index is 11.2. The van der Waals surface area contributed by atoms with E-state index in [9.17, 15) is 4.79 Å². The predicted octanol–water partition coefficient (Wildman–Crippen LogP) is 2.40. The Bertz CT molecular complexity index is 606. The smallest absolute Gasteiger partial charge is 0.258 e. The first-order valence-electron chi connectivity index (χ1n) is 4.68. The fourth-order valence-corrected chi connectivity index (χ4v) is 2.18. The molecule has 1 aliphatic heterocycles. The van der Waals surface area contributed by atoms with E-state index in [1.54, 1.807) is 12.1 Å². The van der Waals surface area contributed by atoms with Gasteiger partial charge in [0.15, 0.2) is 0 Å². The third kappa shape index (κ3) is 1.34. The molecule has 2 N–H and O–H groups in total. The Labute approximate surface area is 101 Å². The van der Waals surface area contributed by atoms with Crippen LogP contribution >= 0.6 is 23.2 Å². The van der Waals surface area contributed by atoms with Crippen LogP contribution < -0.4 is 10.9 Å². The summed E-state index contributed by atoms with van der Waals surface area (Å²) in [6.45, 7) is 0.298. The molecule has 1 aromatic heterocycles. The lowest BCUT2D eigenvalue weighted by atomic mass is 10.2. The number of aromatic nitrogens is 1. The summed E-state index contributed by atoms with van der Waals surface area (Å²) in [4.78, 5) is 11.2. The molecule has 1 aliphatic rings. The molecule has 2 aromatic rings. The van der Waals surface area contributed by atoms with Crippen LogP contribution in [0.5, 0.6) is 0 Å². The van der Waals surface area contributed by atoms with Crippen molar-refractivity contribution >= 4 is 45.7 Å². The molecule has 2 heterocycles. The van der Waals surface area contributed by atoms with Gasteiger partial charge in [0.25, 0.3) is 5.91 Å². The molecular weight excluding hydrogens is 249 g/mol.